The highest BCUT2D eigenvalue weighted by molar-refractivity contribution is 6.15. The molecule has 2 heterocycles. The lowest BCUT2D eigenvalue weighted by molar-refractivity contribution is -0.139. The van der Waals surface area contributed by atoms with Gasteiger partial charge < -0.3 is 14.6 Å². The van der Waals surface area contributed by atoms with Gasteiger partial charge in [-0.2, -0.15) is 5.01 Å². The molecule has 0 aliphatic carbocycles. The van der Waals surface area contributed by atoms with Crippen LogP contribution in [0.3, 0.4) is 0 Å². The maximum Gasteiger partial charge on any atom is 0.338 e. The van der Waals surface area contributed by atoms with Gasteiger partial charge in [-0.05, 0) is 32.0 Å². The van der Waals surface area contributed by atoms with E-state index < -0.39 is 12.0 Å². The second kappa shape index (κ2) is 8.61. The van der Waals surface area contributed by atoms with Crippen molar-refractivity contribution in [3.05, 3.63) is 71.4 Å². The van der Waals surface area contributed by atoms with Gasteiger partial charge in [-0.25, -0.2) is 9.79 Å². The fourth-order valence-electron chi connectivity index (χ4n) is 3.83. The molecule has 31 heavy (non-hydrogen) atoms. The number of aliphatic hydroxyl groups excluding tert-OH is 1. The first-order chi connectivity index (χ1) is 15.1. The van der Waals surface area contributed by atoms with Crippen LogP contribution in [0.15, 0.2) is 76.0 Å². The fourth-order valence-corrected chi connectivity index (χ4v) is 3.83. The van der Waals surface area contributed by atoms with Gasteiger partial charge in [-0.1, -0.05) is 36.4 Å². The van der Waals surface area contributed by atoms with Crippen LogP contribution < -0.4 is 9.75 Å². The molecule has 8 heteroatoms. The number of methoxy groups -OCH3 is 1. The average molecular weight is 420 g/mol. The maximum atomic E-state index is 13.0. The van der Waals surface area contributed by atoms with Crippen LogP contribution in [0.5, 0.6) is 5.75 Å². The molecule has 2 aliphatic rings. The first-order valence-electron chi connectivity index (χ1n) is 10.0. The van der Waals surface area contributed by atoms with Crippen molar-refractivity contribution in [2.45, 2.75) is 19.9 Å². The lowest BCUT2D eigenvalue weighted by Gasteiger charge is -2.36. The highest BCUT2D eigenvalue weighted by Gasteiger charge is 2.45. The van der Waals surface area contributed by atoms with E-state index in [1.807, 2.05) is 54.6 Å². The molecule has 0 radical (unpaired) electrons. The molecule has 0 aromatic heterocycles. The van der Waals surface area contributed by atoms with Crippen molar-refractivity contribution in [2.24, 2.45) is 10.1 Å². The van der Waals surface area contributed by atoms with E-state index >= 15 is 0 Å². The van der Waals surface area contributed by atoms with Crippen LogP contribution >= 0.6 is 0 Å². The summed E-state index contributed by atoms with van der Waals surface area (Å²) in [4.78, 5) is 19.5. The lowest BCUT2D eigenvalue weighted by atomic mass is 9.93. The highest BCUT2D eigenvalue weighted by atomic mass is 16.5. The largest absolute Gasteiger partial charge is 0.496 e. The Morgan fingerprint density at radius 2 is 1.84 bits per heavy atom. The zero-order valence-electron chi connectivity index (χ0n) is 17.6. The third kappa shape index (κ3) is 3.55. The Morgan fingerprint density at radius 1 is 1.13 bits per heavy atom. The number of anilines is 1. The molecule has 2 aliphatic heterocycles. The van der Waals surface area contributed by atoms with Crippen LogP contribution in [0.1, 0.15) is 25.5 Å². The molecule has 0 amide bonds. The lowest BCUT2D eigenvalue weighted by Crippen LogP contribution is -2.45. The molecule has 2 aromatic carbocycles. The number of ether oxygens (including phenoxy) is 2. The average Bonchev–Trinajstić information content (AvgIpc) is 3.17. The fraction of sp³-hybridized carbons (Fsp3) is 0.261. The van der Waals surface area contributed by atoms with E-state index in [0.29, 0.717) is 28.8 Å². The van der Waals surface area contributed by atoms with Crippen LogP contribution in [-0.4, -0.2) is 48.1 Å². The number of hydrogen-bond acceptors (Lipinski definition) is 8. The first kappa shape index (κ1) is 20.6. The summed E-state index contributed by atoms with van der Waals surface area (Å²) in [5, 5.41) is 16.4. The van der Waals surface area contributed by atoms with Crippen molar-refractivity contribution >= 4 is 23.5 Å². The summed E-state index contributed by atoms with van der Waals surface area (Å²) in [6.07, 6.45) is 0. The number of aliphatic hydroxyl groups is 1. The number of esters is 1. The summed E-state index contributed by atoms with van der Waals surface area (Å²) in [6, 6.07) is 16.4. The number of nitrogens with zero attached hydrogens (tertiary/aromatic N) is 4. The van der Waals surface area contributed by atoms with Gasteiger partial charge in [-0.15, -0.1) is 5.10 Å². The molecule has 160 valence electrons. The summed E-state index contributed by atoms with van der Waals surface area (Å²) in [6.45, 7) is 3.45. The van der Waals surface area contributed by atoms with Gasteiger partial charge in [0.1, 0.15) is 18.4 Å². The summed E-state index contributed by atoms with van der Waals surface area (Å²) in [7, 11) is 1.58. The number of carbonyl (C=O) groups is 1. The monoisotopic (exact) mass is 420 g/mol. The minimum Gasteiger partial charge on any atom is -0.496 e. The van der Waals surface area contributed by atoms with E-state index in [4.69, 9.17) is 14.5 Å². The molecule has 1 N–H and O–H groups in total. The van der Waals surface area contributed by atoms with Crippen LogP contribution in [0, 0.1) is 0 Å². The quantitative estimate of drug-likeness (QED) is 0.723. The predicted octanol–water partition coefficient (Wildman–Crippen LogP) is 3.07. The van der Waals surface area contributed by atoms with Crippen LogP contribution in [0.4, 0.5) is 5.69 Å². The molecule has 0 saturated heterocycles. The second-order valence-corrected chi connectivity index (χ2v) is 6.97. The standard InChI is InChI=1S/C23H24N4O4/c1-4-31-22(29)20-15(2)24-23-26(21(20)17-12-8-9-13-18(17)30-3)19(14-28)25-27(23)16-10-6-5-7-11-16/h5-13,21,28H,4,14H2,1-3H3. The van der Waals surface area contributed by atoms with Crippen molar-refractivity contribution in [1.29, 1.82) is 0 Å². The molecular formula is C23H24N4O4. The van der Waals surface area contributed by atoms with Crippen molar-refractivity contribution in [3.8, 4) is 5.75 Å². The molecule has 0 saturated carbocycles. The molecule has 2 aromatic rings. The SMILES string of the molecule is CCOC(=O)C1=C(C)N=C2N(c3ccccc3)N=C(CO)N2C1c1ccccc1OC. The Balaban J connectivity index is 1.93. The van der Waals surface area contributed by atoms with Crippen molar-refractivity contribution < 1.29 is 19.4 Å². The Kier molecular flexibility index (Phi) is 5.73. The van der Waals surface area contributed by atoms with Crippen LogP contribution in [-0.2, 0) is 9.53 Å². The summed E-state index contributed by atoms with van der Waals surface area (Å²) in [5.41, 5.74) is 2.44. The number of para-hydroxylation sites is 2. The third-order valence-corrected chi connectivity index (χ3v) is 5.16. The minimum absolute atomic E-state index is 0.238. The van der Waals surface area contributed by atoms with E-state index in [-0.39, 0.29) is 13.2 Å². The molecular weight excluding hydrogens is 396 g/mol. The van der Waals surface area contributed by atoms with Crippen molar-refractivity contribution in [1.82, 2.24) is 4.90 Å². The predicted molar refractivity (Wildman–Crippen MR) is 118 cm³/mol. The summed E-state index contributed by atoms with van der Waals surface area (Å²) >= 11 is 0. The second-order valence-electron chi connectivity index (χ2n) is 6.97. The van der Waals surface area contributed by atoms with E-state index in [2.05, 4.69) is 5.10 Å². The minimum atomic E-state index is -0.623. The number of benzene rings is 2. The molecule has 0 bridgehead atoms. The van der Waals surface area contributed by atoms with Crippen molar-refractivity contribution in [3.63, 3.8) is 0 Å². The van der Waals surface area contributed by atoms with Crippen LogP contribution in [0.25, 0.3) is 0 Å². The topological polar surface area (TPSA) is 87.0 Å². The Labute approximate surface area is 180 Å². The van der Waals surface area contributed by atoms with Gasteiger partial charge in [0.15, 0.2) is 5.84 Å². The number of guanidine groups is 1. The van der Waals surface area contributed by atoms with E-state index in [0.717, 1.165) is 11.3 Å². The normalized spacial score (nSPS) is 17.9. The number of hydrogen-bond donors (Lipinski definition) is 1. The van der Waals surface area contributed by atoms with Gasteiger partial charge >= 0.3 is 5.97 Å². The number of rotatable bonds is 6. The Morgan fingerprint density at radius 3 is 2.52 bits per heavy atom. The maximum absolute atomic E-state index is 13.0. The third-order valence-electron chi connectivity index (χ3n) is 5.16. The Bertz CT molecular complexity index is 1080. The smallest absolute Gasteiger partial charge is 0.338 e. The number of aliphatic imine (C=N–C) groups is 1. The number of hydrazone groups is 1. The number of allylic oxidation sites excluding steroid dienone is 1. The van der Waals surface area contributed by atoms with E-state index in [1.54, 1.807) is 30.9 Å². The van der Waals surface area contributed by atoms with Gasteiger partial charge in [0, 0.05) is 5.56 Å². The van der Waals surface area contributed by atoms with Gasteiger partial charge in [0.25, 0.3) is 0 Å². The molecule has 0 spiro atoms. The first-order valence-corrected chi connectivity index (χ1v) is 10.0. The van der Waals surface area contributed by atoms with Gasteiger partial charge in [0.2, 0.25) is 5.96 Å². The number of amidine groups is 1. The molecule has 1 atom stereocenters. The zero-order valence-corrected chi connectivity index (χ0v) is 17.6. The molecule has 4 rings (SSSR count). The van der Waals surface area contributed by atoms with Crippen molar-refractivity contribution in [2.75, 3.05) is 25.3 Å². The Hall–Kier alpha value is -3.65. The summed E-state index contributed by atoms with van der Waals surface area (Å²) in [5.74, 6) is 1.01. The molecule has 1 unspecified atom stereocenters. The van der Waals surface area contributed by atoms with Gasteiger partial charge in [-0.3, -0.25) is 4.90 Å². The van der Waals surface area contributed by atoms with Crippen LogP contribution in [0.2, 0.25) is 0 Å². The van der Waals surface area contributed by atoms with E-state index in [1.165, 1.54) is 0 Å². The van der Waals surface area contributed by atoms with Gasteiger partial charge in [0.05, 0.1) is 30.7 Å². The van der Waals surface area contributed by atoms with E-state index in [9.17, 15) is 9.90 Å². The molecule has 8 nitrogen and oxygen atoms in total. The summed E-state index contributed by atoms with van der Waals surface area (Å²) < 4.78 is 10.9. The number of carbonyl (C=O) groups excluding carboxylic acids is 1. The zero-order chi connectivity index (χ0) is 22.0. The number of fused-ring (bicyclic) bond motifs is 1. The molecule has 0 fully saturated rings. The highest BCUT2D eigenvalue weighted by Crippen LogP contribution is 2.42.